The van der Waals surface area contributed by atoms with E-state index in [2.05, 4.69) is 9.88 Å². The van der Waals surface area contributed by atoms with Crippen LogP contribution in [-0.2, 0) is 6.42 Å². The van der Waals surface area contributed by atoms with E-state index >= 15 is 0 Å². The van der Waals surface area contributed by atoms with Crippen molar-refractivity contribution in [3.8, 4) is 11.5 Å². The lowest BCUT2D eigenvalue weighted by Crippen LogP contribution is -2.27. The second-order valence-corrected chi connectivity index (χ2v) is 7.30. The van der Waals surface area contributed by atoms with Gasteiger partial charge in [-0.3, -0.25) is 4.98 Å². The van der Waals surface area contributed by atoms with Crippen molar-refractivity contribution < 1.29 is 18.6 Å². The molecule has 2 heterocycles. The number of fused-ring (bicyclic) bond motifs is 1. The molecule has 1 N–H and O–H groups in total. The second kappa shape index (κ2) is 7.19. The van der Waals surface area contributed by atoms with E-state index in [1.807, 2.05) is 6.07 Å². The molecule has 3 atom stereocenters. The average molecular weight is 360 g/mol. The third kappa shape index (κ3) is 3.65. The van der Waals surface area contributed by atoms with Crippen LogP contribution < -0.4 is 4.74 Å². The Labute approximate surface area is 151 Å². The monoisotopic (exact) mass is 360 g/mol. The number of hydrogen-bond acceptors (Lipinski definition) is 4. The summed E-state index contributed by atoms with van der Waals surface area (Å²) >= 11 is 0. The molecule has 138 valence electrons. The standard InChI is InChI=1S/C20H22F2N2O2/c21-18-2-1-3-19(22)20(18)26-17-8-13-11-24(12-14(13)9-17)7-6-15-4-5-16(25)10-23-15/h1-5,10,13-14,17,25H,6-9,11-12H2/t13-,14+,17+. The Balaban J connectivity index is 1.28. The van der Waals surface area contributed by atoms with Crippen molar-refractivity contribution in [3.05, 3.63) is 53.9 Å². The SMILES string of the molecule is Oc1ccc(CCN2C[C@H]3C[C@H](Oc4c(F)cccc4F)C[C@H]3C2)nc1. The zero-order valence-corrected chi connectivity index (χ0v) is 14.4. The van der Waals surface area contributed by atoms with E-state index in [1.54, 1.807) is 6.07 Å². The smallest absolute Gasteiger partial charge is 0.191 e. The van der Waals surface area contributed by atoms with E-state index in [0.717, 1.165) is 44.6 Å². The minimum absolute atomic E-state index is 0.114. The molecule has 1 aliphatic heterocycles. The van der Waals surface area contributed by atoms with Crippen LogP contribution in [0.5, 0.6) is 11.5 Å². The third-order valence-electron chi connectivity index (χ3n) is 5.48. The van der Waals surface area contributed by atoms with Gasteiger partial charge >= 0.3 is 0 Å². The first kappa shape index (κ1) is 17.2. The molecule has 0 spiro atoms. The molecule has 0 bridgehead atoms. The van der Waals surface area contributed by atoms with Gasteiger partial charge in [-0.05, 0) is 48.9 Å². The van der Waals surface area contributed by atoms with Gasteiger partial charge in [0.15, 0.2) is 17.4 Å². The highest BCUT2D eigenvalue weighted by Gasteiger charge is 2.42. The van der Waals surface area contributed by atoms with Crippen molar-refractivity contribution >= 4 is 0 Å². The normalized spacial score (nSPS) is 25.4. The Morgan fingerprint density at radius 2 is 1.77 bits per heavy atom. The number of aromatic hydroxyl groups is 1. The first-order valence-electron chi connectivity index (χ1n) is 9.05. The summed E-state index contributed by atoms with van der Waals surface area (Å²) in [6, 6.07) is 7.31. The molecule has 2 aromatic rings. The first-order valence-corrected chi connectivity index (χ1v) is 9.05. The zero-order chi connectivity index (χ0) is 18.1. The van der Waals surface area contributed by atoms with Crippen LogP contribution in [0.15, 0.2) is 36.5 Å². The third-order valence-corrected chi connectivity index (χ3v) is 5.48. The number of rotatable bonds is 5. The maximum Gasteiger partial charge on any atom is 0.191 e. The average Bonchev–Trinajstić information content (AvgIpc) is 3.16. The van der Waals surface area contributed by atoms with Crippen LogP contribution in [0.3, 0.4) is 0 Å². The van der Waals surface area contributed by atoms with E-state index in [0.29, 0.717) is 11.8 Å². The number of ether oxygens (including phenoxy) is 1. The van der Waals surface area contributed by atoms with E-state index in [4.69, 9.17) is 4.74 Å². The van der Waals surface area contributed by atoms with Crippen molar-refractivity contribution in [2.24, 2.45) is 11.8 Å². The number of pyridine rings is 1. The summed E-state index contributed by atoms with van der Waals surface area (Å²) in [4.78, 5) is 6.64. The summed E-state index contributed by atoms with van der Waals surface area (Å²) in [5.41, 5.74) is 0.969. The molecule has 2 aliphatic rings. The first-order chi connectivity index (χ1) is 12.6. The van der Waals surface area contributed by atoms with Crippen molar-refractivity contribution in [1.82, 2.24) is 9.88 Å². The summed E-state index contributed by atoms with van der Waals surface area (Å²) < 4.78 is 33.1. The maximum absolute atomic E-state index is 13.7. The highest BCUT2D eigenvalue weighted by Crippen LogP contribution is 2.40. The molecule has 2 fully saturated rings. The molecule has 6 heteroatoms. The fourth-order valence-corrected chi connectivity index (χ4v) is 4.22. The van der Waals surface area contributed by atoms with Gasteiger partial charge in [-0.25, -0.2) is 8.78 Å². The molecule has 0 unspecified atom stereocenters. The molecule has 1 saturated carbocycles. The highest BCUT2D eigenvalue weighted by atomic mass is 19.1. The number of likely N-dealkylation sites (tertiary alicyclic amines) is 1. The predicted octanol–water partition coefficient (Wildman–Crippen LogP) is 3.40. The Kier molecular flexibility index (Phi) is 4.76. The highest BCUT2D eigenvalue weighted by molar-refractivity contribution is 5.26. The summed E-state index contributed by atoms with van der Waals surface area (Å²) in [5.74, 6) is -0.296. The fourth-order valence-electron chi connectivity index (χ4n) is 4.22. The maximum atomic E-state index is 13.7. The van der Waals surface area contributed by atoms with Crippen LogP contribution in [0.25, 0.3) is 0 Å². The fraction of sp³-hybridized carbons (Fsp3) is 0.450. The van der Waals surface area contributed by atoms with Gasteiger partial charge < -0.3 is 14.7 Å². The predicted molar refractivity (Wildman–Crippen MR) is 93.0 cm³/mol. The summed E-state index contributed by atoms with van der Waals surface area (Å²) in [7, 11) is 0. The van der Waals surface area contributed by atoms with Crippen molar-refractivity contribution in [1.29, 1.82) is 0 Å². The molecule has 0 amide bonds. The van der Waals surface area contributed by atoms with Crippen LogP contribution in [0.1, 0.15) is 18.5 Å². The molecular formula is C20H22F2N2O2. The summed E-state index contributed by atoms with van der Waals surface area (Å²) in [5, 5.41) is 9.28. The molecule has 1 saturated heterocycles. The van der Waals surface area contributed by atoms with Gasteiger partial charge in [0.25, 0.3) is 0 Å². The lowest BCUT2D eigenvalue weighted by molar-refractivity contribution is 0.171. The number of aromatic nitrogens is 1. The number of para-hydroxylation sites is 1. The molecular weight excluding hydrogens is 338 g/mol. The lowest BCUT2D eigenvalue weighted by Gasteiger charge is -2.20. The van der Waals surface area contributed by atoms with Gasteiger partial charge in [0, 0.05) is 31.7 Å². The van der Waals surface area contributed by atoms with Gasteiger partial charge in [0.05, 0.1) is 12.3 Å². The second-order valence-electron chi connectivity index (χ2n) is 7.30. The molecule has 26 heavy (non-hydrogen) atoms. The van der Waals surface area contributed by atoms with Crippen LogP contribution in [-0.4, -0.2) is 40.7 Å². The minimum atomic E-state index is -0.634. The molecule has 4 nitrogen and oxygen atoms in total. The van der Waals surface area contributed by atoms with Crippen molar-refractivity contribution in [2.75, 3.05) is 19.6 Å². The van der Waals surface area contributed by atoms with Crippen molar-refractivity contribution in [3.63, 3.8) is 0 Å². The molecule has 4 rings (SSSR count). The molecule has 1 aromatic heterocycles. The van der Waals surface area contributed by atoms with Crippen molar-refractivity contribution in [2.45, 2.75) is 25.4 Å². The molecule has 0 radical (unpaired) electrons. The Bertz CT molecular complexity index is 735. The minimum Gasteiger partial charge on any atom is -0.506 e. The van der Waals surface area contributed by atoms with Crippen LogP contribution in [0.2, 0.25) is 0 Å². The number of nitrogens with zero attached hydrogens (tertiary/aromatic N) is 2. The van der Waals surface area contributed by atoms with E-state index in [1.165, 1.54) is 24.4 Å². The van der Waals surface area contributed by atoms with Gasteiger partial charge in [-0.2, -0.15) is 0 Å². The number of halogens is 2. The number of hydrogen-bond donors (Lipinski definition) is 1. The van der Waals surface area contributed by atoms with Gasteiger partial charge in [0.2, 0.25) is 0 Å². The molecule has 1 aromatic carbocycles. The summed E-state index contributed by atoms with van der Waals surface area (Å²) in [6.45, 7) is 2.91. The van der Waals surface area contributed by atoms with E-state index < -0.39 is 11.6 Å². The zero-order valence-electron chi connectivity index (χ0n) is 14.4. The topological polar surface area (TPSA) is 45.6 Å². The van der Waals surface area contributed by atoms with Gasteiger partial charge in [0.1, 0.15) is 5.75 Å². The summed E-state index contributed by atoms with van der Waals surface area (Å²) in [6.07, 6.45) is 3.88. The quantitative estimate of drug-likeness (QED) is 0.888. The van der Waals surface area contributed by atoms with E-state index in [9.17, 15) is 13.9 Å². The van der Waals surface area contributed by atoms with E-state index in [-0.39, 0.29) is 17.6 Å². The van der Waals surface area contributed by atoms with Gasteiger partial charge in [-0.1, -0.05) is 6.07 Å². The number of benzene rings is 1. The van der Waals surface area contributed by atoms with Crippen LogP contribution in [0.4, 0.5) is 8.78 Å². The van der Waals surface area contributed by atoms with Crippen LogP contribution in [0, 0.1) is 23.5 Å². The van der Waals surface area contributed by atoms with Gasteiger partial charge in [-0.15, -0.1) is 0 Å². The Morgan fingerprint density at radius 3 is 2.38 bits per heavy atom. The Hall–Kier alpha value is -2.21. The largest absolute Gasteiger partial charge is 0.506 e. The Morgan fingerprint density at radius 1 is 1.08 bits per heavy atom. The lowest BCUT2D eigenvalue weighted by atomic mass is 10.0. The van der Waals surface area contributed by atoms with Crippen LogP contribution >= 0.6 is 0 Å². The molecule has 1 aliphatic carbocycles.